The first kappa shape index (κ1) is 26.4. The standard InChI is InChI=1S/C29H33N5O5/c1-32-11-12-34(25(29(32)38)17-20-7-3-2-4-8-20)28(37)24(19-26(35)33-13-15-39-16-14-33)31-27(36)23-18-21-9-5-6-10-22(21)30-23/h2-10,18,24-25,30H,11-17,19H2,1H3,(H,31,36)/t24-,25-/m0/s1. The van der Waals surface area contributed by atoms with E-state index in [1.165, 1.54) is 4.90 Å². The van der Waals surface area contributed by atoms with Gasteiger partial charge < -0.3 is 29.7 Å². The number of nitrogens with zero attached hydrogens (tertiary/aromatic N) is 3. The van der Waals surface area contributed by atoms with Crippen molar-refractivity contribution in [3.63, 3.8) is 0 Å². The molecule has 2 saturated heterocycles. The van der Waals surface area contributed by atoms with Gasteiger partial charge in [0, 0.05) is 50.6 Å². The summed E-state index contributed by atoms with van der Waals surface area (Å²) in [5.74, 6) is -1.34. The minimum absolute atomic E-state index is 0.168. The number of para-hydroxylation sites is 1. The third-order valence-corrected chi connectivity index (χ3v) is 7.39. The number of piperazine rings is 1. The number of H-pyrrole nitrogens is 1. The molecule has 0 aliphatic carbocycles. The number of carbonyl (C=O) groups excluding carboxylic acids is 4. The number of hydrogen-bond acceptors (Lipinski definition) is 5. The first-order valence-corrected chi connectivity index (χ1v) is 13.2. The number of aromatic nitrogens is 1. The highest BCUT2D eigenvalue weighted by atomic mass is 16.5. The smallest absolute Gasteiger partial charge is 0.268 e. The van der Waals surface area contributed by atoms with Crippen LogP contribution < -0.4 is 5.32 Å². The molecule has 2 aliphatic rings. The van der Waals surface area contributed by atoms with E-state index in [0.717, 1.165) is 16.5 Å². The van der Waals surface area contributed by atoms with Crippen LogP contribution in [0, 0.1) is 0 Å². The Labute approximate surface area is 226 Å². The van der Waals surface area contributed by atoms with Crippen molar-refractivity contribution >= 4 is 34.5 Å². The number of likely N-dealkylation sites (N-methyl/N-ethyl adjacent to an activating group) is 1. The number of ether oxygens (including phenoxy) is 1. The number of amides is 4. The maximum Gasteiger partial charge on any atom is 0.268 e. The number of hydrogen-bond donors (Lipinski definition) is 2. The fourth-order valence-electron chi connectivity index (χ4n) is 5.16. The molecule has 3 aromatic rings. The molecule has 10 heteroatoms. The zero-order valence-corrected chi connectivity index (χ0v) is 22.0. The van der Waals surface area contributed by atoms with E-state index < -0.39 is 23.9 Å². The second kappa shape index (κ2) is 11.7. The molecule has 2 aliphatic heterocycles. The van der Waals surface area contributed by atoms with Crippen LogP contribution >= 0.6 is 0 Å². The molecule has 2 atom stereocenters. The lowest BCUT2D eigenvalue weighted by atomic mass is 9.99. The van der Waals surface area contributed by atoms with Crippen LogP contribution in [0.1, 0.15) is 22.5 Å². The van der Waals surface area contributed by atoms with Gasteiger partial charge in [0.1, 0.15) is 17.8 Å². The molecular weight excluding hydrogens is 498 g/mol. The molecule has 0 saturated carbocycles. The molecule has 5 rings (SSSR count). The lowest BCUT2D eigenvalue weighted by Gasteiger charge is -2.41. The van der Waals surface area contributed by atoms with Crippen molar-refractivity contribution in [2.45, 2.75) is 24.9 Å². The molecular formula is C29H33N5O5. The molecule has 204 valence electrons. The van der Waals surface area contributed by atoms with E-state index >= 15 is 0 Å². The van der Waals surface area contributed by atoms with Gasteiger partial charge in [-0.05, 0) is 17.7 Å². The predicted molar refractivity (Wildman–Crippen MR) is 145 cm³/mol. The van der Waals surface area contributed by atoms with E-state index in [1.807, 2.05) is 54.6 Å². The number of carbonyl (C=O) groups is 4. The molecule has 0 bridgehead atoms. The average molecular weight is 532 g/mol. The van der Waals surface area contributed by atoms with Crippen molar-refractivity contribution in [2.75, 3.05) is 46.4 Å². The Morgan fingerprint density at radius 1 is 1.00 bits per heavy atom. The largest absolute Gasteiger partial charge is 0.378 e. The zero-order chi connectivity index (χ0) is 27.4. The molecule has 2 N–H and O–H groups in total. The van der Waals surface area contributed by atoms with Gasteiger partial charge in [-0.25, -0.2) is 0 Å². The van der Waals surface area contributed by atoms with Crippen molar-refractivity contribution in [3.05, 3.63) is 71.9 Å². The van der Waals surface area contributed by atoms with Crippen molar-refractivity contribution in [1.82, 2.24) is 25.0 Å². The van der Waals surface area contributed by atoms with Gasteiger partial charge in [0.05, 0.1) is 19.6 Å². The molecule has 39 heavy (non-hydrogen) atoms. The molecule has 10 nitrogen and oxygen atoms in total. The van der Waals surface area contributed by atoms with Crippen LogP contribution in [0.15, 0.2) is 60.7 Å². The fourth-order valence-corrected chi connectivity index (χ4v) is 5.16. The Kier molecular flexibility index (Phi) is 7.92. The minimum Gasteiger partial charge on any atom is -0.378 e. The van der Waals surface area contributed by atoms with Crippen LogP contribution in [0.5, 0.6) is 0 Å². The number of morpholine rings is 1. The Morgan fingerprint density at radius 3 is 2.46 bits per heavy atom. The summed E-state index contributed by atoms with van der Waals surface area (Å²) in [5, 5.41) is 3.67. The summed E-state index contributed by atoms with van der Waals surface area (Å²) in [7, 11) is 1.72. The first-order chi connectivity index (χ1) is 18.9. The molecule has 0 spiro atoms. The van der Waals surface area contributed by atoms with Crippen molar-refractivity contribution in [2.24, 2.45) is 0 Å². The summed E-state index contributed by atoms with van der Waals surface area (Å²) in [6.07, 6.45) is 0.138. The molecule has 2 aromatic carbocycles. The van der Waals surface area contributed by atoms with Gasteiger partial charge in [-0.2, -0.15) is 0 Å². The van der Waals surface area contributed by atoms with E-state index in [2.05, 4.69) is 10.3 Å². The van der Waals surface area contributed by atoms with Gasteiger partial charge in [0.15, 0.2) is 0 Å². The maximum absolute atomic E-state index is 14.0. The van der Waals surface area contributed by atoms with Gasteiger partial charge in [-0.3, -0.25) is 19.2 Å². The third kappa shape index (κ3) is 5.96. The van der Waals surface area contributed by atoms with Crippen LogP contribution in [0.2, 0.25) is 0 Å². The van der Waals surface area contributed by atoms with Crippen LogP contribution in [-0.4, -0.2) is 102 Å². The molecule has 2 fully saturated rings. The van der Waals surface area contributed by atoms with Crippen molar-refractivity contribution in [1.29, 1.82) is 0 Å². The maximum atomic E-state index is 14.0. The quantitative estimate of drug-likeness (QED) is 0.479. The van der Waals surface area contributed by atoms with Crippen molar-refractivity contribution in [3.8, 4) is 0 Å². The summed E-state index contributed by atoms with van der Waals surface area (Å²) in [6.45, 7) is 2.40. The number of aromatic amines is 1. The lowest BCUT2D eigenvalue weighted by Crippen LogP contribution is -2.62. The summed E-state index contributed by atoms with van der Waals surface area (Å²) < 4.78 is 5.36. The topological polar surface area (TPSA) is 115 Å². The summed E-state index contributed by atoms with van der Waals surface area (Å²) in [4.78, 5) is 61.7. The van der Waals surface area contributed by atoms with Gasteiger partial charge in [-0.15, -0.1) is 0 Å². The number of fused-ring (bicyclic) bond motifs is 1. The molecule has 0 unspecified atom stereocenters. The fraction of sp³-hybridized carbons (Fsp3) is 0.379. The lowest BCUT2D eigenvalue weighted by molar-refractivity contribution is -0.152. The molecule has 0 radical (unpaired) electrons. The second-order valence-electron chi connectivity index (χ2n) is 9.99. The van der Waals surface area contributed by atoms with Gasteiger partial charge >= 0.3 is 0 Å². The van der Waals surface area contributed by atoms with Crippen LogP contribution in [-0.2, 0) is 25.5 Å². The van der Waals surface area contributed by atoms with E-state index in [-0.39, 0.29) is 18.2 Å². The van der Waals surface area contributed by atoms with Crippen LogP contribution in [0.4, 0.5) is 0 Å². The number of nitrogens with one attached hydrogen (secondary N) is 2. The Balaban J connectivity index is 1.40. The normalized spacial score (nSPS) is 18.7. The van der Waals surface area contributed by atoms with Gasteiger partial charge in [-0.1, -0.05) is 48.5 Å². The predicted octanol–water partition coefficient (Wildman–Crippen LogP) is 1.43. The Hall–Kier alpha value is -4.18. The highest BCUT2D eigenvalue weighted by molar-refractivity contribution is 6.02. The number of benzene rings is 2. The van der Waals surface area contributed by atoms with E-state index in [4.69, 9.17) is 4.74 Å². The SMILES string of the molecule is CN1CCN(C(=O)[C@H](CC(=O)N2CCOCC2)NC(=O)c2cc3ccccc3[nH]2)[C@@H](Cc2ccccc2)C1=O. The summed E-state index contributed by atoms with van der Waals surface area (Å²) in [6, 6.07) is 16.9. The van der Waals surface area contributed by atoms with Gasteiger partial charge in [0.25, 0.3) is 5.91 Å². The van der Waals surface area contributed by atoms with E-state index in [1.54, 1.807) is 22.9 Å². The molecule has 1 aromatic heterocycles. The van der Waals surface area contributed by atoms with Crippen LogP contribution in [0.25, 0.3) is 10.9 Å². The summed E-state index contributed by atoms with van der Waals surface area (Å²) in [5.41, 5.74) is 2.01. The second-order valence-corrected chi connectivity index (χ2v) is 9.99. The van der Waals surface area contributed by atoms with Gasteiger partial charge in [0.2, 0.25) is 17.7 Å². The number of rotatable bonds is 7. The zero-order valence-electron chi connectivity index (χ0n) is 22.0. The molecule has 4 amide bonds. The Morgan fingerprint density at radius 2 is 1.72 bits per heavy atom. The minimum atomic E-state index is -1.13. The van der Waals surface area contributed by atoms with Crippen molar-refractivity contribution < 1.29 is 23.9 Å². The Bertz CT molecular complexity index is 1320. The summed E-state index contributed by atoms with van der Waals surface area (Å²) >= 11 is 0. The molecule has 3 heterocycles. The highest BCUT2D eigenvalue weighted by Gasteiger charge is 2.40. The monoisotopic (exact) mass is 531 g/mol. The average Bonchev–Trinajstić information content (AvgIpc) is 3.41. The first-order valence-electron chi connectivity index (χ1n) is 13.2. The van der Waals surface area contributed by atoms with E-state index in [0.29, 0.717) is 51.5 Å². The van der Waals surface area contributed by atoms with Crippen LogP contribution in [0.3, 0.4) is 0 Å². The van der Waals surface area contributed by atoms with E-state index in [9.17, 15) is 19.2 Å². The third-order valence-electron chi connectivity index (χ3n) is 7.39. The highest BCUT2D eigenvalue weighted by Crippen LogP contribution is 2.19.